The van der Waals surface area contributed by atoms with Gasteiger partial charge in [0.25, 0.3) is 12.0 Å². The Morgan fingerprint density at radius 2 is 1.62 bits per heavy atom. The molecule has 0 radical (unpaired) electrons. The fraction of sp³-hybridized carbons (Fsp3) is 0.357. The van der Waals surface area contributed by atoms with Gasteiger partial charge < -0.3 is 19.4 Å². The summed E-state index contributed by atoms with van der Waals surface area (Å²) in [7, 11) is 0. The summed E-state index contributed by atoms with van der Waals surface area (Å²) in [6, 6.07) is 8.37. The number of hydrogen-bond donors (Lipinski definition) is 1. The molecule has 1 rings (SSSR count). The molecule has 1 N–H and O–H groups in total. The molecule has 1 aromatic carbocycles. The zero-order chi connectivity index (χ0) is 15.7. The summed E-state index contributed by atoms with van der Waals surface area (Å²) in [5.74, 6) is -1.95. The lowest BCUT2D eigenvalue weighted by Gasteiger charge is -2.10. The minimum atomic E-state index is -1.41. The molecule has 0 fully saturated rings. The summed E-state index contributed by atoms with van der Waals surface area (Å²) < 4.78 is 9.35. The number of carbonyl (C=O) groups excluding carboxylic acids is 2. The van der Waals surface area contributed by atoms with E-state index in [0.717, 1.165) is 0 Å². The van der Waals surface area contributed by atoms with Gasteiger partial charge in [-0.3, -0.25) is 0 Å². The normalized spacial score (nSPS) is 11.2. The monoisotopic (exact) mass is 295 g/mol. The van der Waals surface area contributed by atoms with Crippen molar-refractivity contribution in [2.24, 2.45) is 5.16 Å². The van der Waals surface area contributed by atoms with Gasteiger partial charge in [-0.2, -0.15) is 0 Å². The average Bonchev–Trinajstić information content (AvgIpc) is 2.48. The van der Waals surface area contributed by atoms with Crippen molar-refractivity contribution in [2.75, 3.05) is 13.2 Å². The van der Waals surface area contributed by atoms with Crippen molar-refractivity contribution in [3.8, 4) is 0 Å². The molecule has 0 aliphatic carbocycles. The van der Waals surface area contributed by atoms with Gasteiger partial charge in [-0.1, -0.05) is 35.5 Å². The van der Waals surface area contributed by atoms with Gasteiger partial charge >= 0.3 is 11.9 Å². The van der Waals surface area contributed by atoms with E-state index >= 15 is 0 Å². The Hall–Kier alpha value is -2.41. The van der Waals surface area contributed by atoms with Crippen LogP contribution in [0, 0.1) is 0 Å². The first-order valence-corrected chi connectivity index (χ1v) is 6.41. The van der Waals surface area contributed by atoms with E-state index in [1.807, 2.05) is 0 Å². The summed E-state index contributed by atoms with van der Waals surface area (Å²) >= 11 is 0. The van der Waals surface area contributed by atoms with Crippen LogP contribution < -0.4 is 0 Å². The van der Waals surface area contributed by atoms with Crippen molar-refractivity contribution >= 4 is 17.7 Å². The maximum atomic E-state index is 11.6. The highest BCUT2D eigenvalue weighted by molar-refractivity contribution is 6.62. The fourth-order valence-electron chi connectivity index (χ4n) is 1.34. The maximum Gasteiger partial charge on any atom is 0.368 e. The van der Waals surface area contributed by atoms with E-state index in [-0.39, 0.29) is 13.2 Å². The topological polar surface area (TPSA) is 94.4 Å². The highest BCUT2D eigenvalue weighted by Crippen LogP contribution is 2.13. The zero-order valence-electron chi connectivity index (χ0n) is 11.8. The molecule has 0 saturated carbocycles. The van der Waals surface area contributed by atoms with E-state index < -0.39 is 23.9 Å². The van der Waals surface area contributed by atoms with Gasteiger partial charge in [0.2, 0.25) is 0 Å². The fourth-order valence-corrected chi connectivity index (χ4v) is 1.34. The van der Waals surface area contributed by atoms with E-state index in [0.29, 0.717) is 5.56 Å². The van der Waals surface area contributed by atoms with Crippen LogP contribution in [-0.4, -0.2) is 36.0 Å². The molecule has 1 atom stereocenters. The quantitative estimate of drug-likeness (QED) is 0.267. The lowest BCUT2D eigenvalue weighted by Crippen LogP contribution is -2.29. The van der Waals surface area contributed by atoms with E-state index in [2.05, 4.69) is 14.6 Å². The molecule has 0 bridgehead atoms. The molecule has 21 heavy (non-hydrogen) atoms. The van der Waals surface area contributed by atoms with Crippen LogP contribution in [0.1, 0.15) is 25.7 Å². The van der Waals surface area contributed by atoms with Gasteiger partial charge in [0, 0.05) is 5.56 Å². The minimum Gasteiger partial charge on any atom is -0.461 e. The third kappa shape index (κ3) is 5.23. The molecular formula is C14H17NO6. The largest absolute Gasteiger partial charge is 0.461 e. The van der Waals surface area contributed by atoms with Crippen molar-refractivity contribution in [3.05, 3.63) is 35.9 Å². The van der Waals surface area contributed by atoms with Crippen LogP contribution in [0.3, 0.4) is 0 Å². The molecule has 7 heteroatoms. The number of carbonyl (C=O) groups is 2. The molecule has 0 aliphatic heterocycles. The molecule has 0 heterocycles. The molecule has 114 valence electrons. The number of aliphatic hydroxyl groups is 1. The van der Waals surface area contributed by atoms with Crippen LogP contribution in [0.15, 0.2) is 35.5 Å². The molecule has 7 nitrogen and oxygen atoms in total. The number of hydrogen-bond acceptors (Lipinski definition) is 7. The van der Waals surface area contributed by atoms with Gasteiger partial charge in [0.05, 0.1) is 13.2 Å². The molecule has 0 amide bonds. The number of esters is 2. The number of aliphatic hydroxyl groups excluding tert-OH is 1. The van der Waals surface area contributed by atoms with E-state index in [1.165, 1.54) is 0 Å². The zero-order valence-corrected chi connectivity index (χ0v) is 11.8. The summed E-state index contributed by atoms with van der Waals surface area (Å²) in [4.78, 5) is 28.0. The lowest BCUT2D eigenvalue weighted by molar-refractivity contribution is -0.142. The second-order valence-electron chi connectivity index (χ2n) is 3.75. The van der Waals surface area contributed by atoms with Crippen LogP contribution in [0.25, 0.3) is 0 Å². The van der Waals surface area contributed by atoms with Gasteiger partial charge in [-0.05, 0) is 13.8 Å². The van der Waals surface area contributed by atoms with E-state index in [4.69, 9.17) is 4.84 Å². The first-order valence-electron chi connectivity index (χ1n) is 6.41. The van der Waals surface area contributed by atoms with Crippen LogP contribution in [-0.2, 0) is 23.9 Å². The van der Waals surface area contributed by atoms with Crippen molar-refractivity contribution in [1.82, 2.24) is 0 Å². The third-order valence-corrected chi connectivity index (χ3v) is 2.27. The second kappa shape index (κ2) is 8.70. The first kappa shape index (κ1) is 16.6. The van der Waals surface area contributed by atoms with Crippen LogP contribution in [0.2, 0.25) is 0 Å². The highest BCUT2D eigenvalue weighted by atomic mass is 16.7. The minimum absolute atomic E-state index is 0.0680. The Kier molecular flexibility index (Phi) is 6.90. The van der Waals surface area contributed by atoms with Crippen LogP contribution >= 0.6 is 0 Å². The van der Waals surface area contributed by atoms with Gasteiger partial charge in [0.1, 0.15) is 0 Å². The molecule has 0 saturated heterocycles. The van der Waals surface area contributed by atoms with Crippen molar-refractivity contribution in [1.29, 1.82) is 0 Å². The molecule has 1 aromatic rings. The molecule has 0 spiro atoms. The average molecular weight is 295 g/mol. The van der Waals surface area contributed by atoms with Crippen LogP contribution in [0.5, 0.6) is 0 Å². The summed E-state index contributed by atoms with van der Waals surface area (Å²) in [5, 5.41) is 13.1. The first-order chi connectivity index (χ1) is 10.1. The summed E-state index contributed by atoms with van der Waals surface area (Å²) in [6.45, 7) is 3.30. The number of rotatable bonds is 7. The highest BCUT2D eigenvalue weighted by Gasteiger charge is 2.25. The van der Waals surface area contributed by atoms with Gasteiger partial charge in [0.15, 0.2) is 0 Å². The number of oxime groups is 1. The molecular weight excluding hydrogens is 278 g/mol. The van der Waals surface area contributed by atoms with Crippen molar-refractivity contribution in [2.45, 2.75) is 20.1 Å². The smallest absolute Gasteiger partial charge is 0.368 e. The Bertz CT molecular complexity index is 479. The Morgan fingerprint density at radius 3 is 2.10 bits per heavy atom. The van der Waals surface area contributed by atoms with Crippen molar-refractivity contribution < 1.29 is 29.0 Å². The maximum absolute atomic E-state index is 11.6. The van der Waals surface area contributed by atoms with E-state index in [1.54, 1.807) is 44.2 Å². The van der Waals surface area contributed by atoms with Crippen molar-refractivity contribution in [3.63, 3.8) is 0 Å². The molecule has 1 unspecified atom stereocenters. The number of benzene rings is 1. The predicted octanol–water partition coefficient (Wildman–Crippen LogP) is 1.18. The SMILES string of the molecule is CCOC(=O)C(=NOC(O)c1ccccc1)C(=O)OCC. The third-order valence-electron chi connectivity index (χ3n) is 2.27. The van der Waals surface area contributed by atoms with Crippen LogP contribution in [0.4, 0.5) is 0 Å². The second-order valence-corrected chi connectivity index (χ2v) is 3.75. The number of ether oxygens (including phenoxy) is 2. The summed E-state index contributed by atoms with van der Waals surface area (Å²) in [6.07, 6.45) is -1.41. The van der Waals surface area contributed by atoms with Gasteiger partial charge in [-0.25, -0.2) is 9.59 Å². The van der Waals surface area contributed by atoms with Gasteiger partial charge in [-0.15, -0.1) is 0 Å². The molecule has 0 aliphatic rings. The Balaban J connectivity index is 2.82. The Morgan fingerprint density at radius 1 is 1.10 bits per heavy atom. The predicted molar refractivity (Wildman–Crippen MR) is 73.2 cm³/mol. The standard InChI is InChI=1S/C14H17NO6/c1-3-19-13(17)11(14(18)20-4-2)15-21-12(16)10-8-6-5-7-9-10/h5-9,12,16H,3-4H2,1-2H3. The summed E-state index contributed by atoms with van der Waals surface area (Å²) in [5.41, 5.74) is -0.234. The Labute approximate surface area is 122 Å². The van der Waals surface area contributed by atoms with E-state index in [9.17, 15) is 14.7 Å². The lowest BCUT2D eigenvalue weighted by atomic mass is 10.2. The molecule has 0 aromatic heterocycles. The number of nitrogens with zero attached hydrogens (tertiary/aromatic N) is 1.